The van der Waals surface area contributed by atoms with Crippen LogP contribution in [0.2, 0.25) is 0 Å². The molecule has 4 nitrogen and oxygen atoms in total. The maximum absolute atomic E-state index is 8.83. The Hall–Kier alpha value is -1.89. The lowest BCUT2D eigenvalue weighted by Gasteiger charge is -2.17. The molecule has 1 aromatic rings. The van der Waals surface area contributed by atoms with E-state index in [0.717, 1.165) is 5.57 Å². The molecule has 0 aromatic carbocycles. The molecule has 0 spiro atoms. The molecule has 0 amide bonds. The van der Waals surface area contributed by atoms with Gasteiger partial charge in [-0.2, -0.15) is 10.4 Å². The molecule has 0 aliphatic heterocycles. The Kier molecular flexibility index (Phi) is 3.19. The predicted octanol–water partition coefficient (Wildman–Crippen LogP) is 1.36. The molecule has 1 rings (SSSR count). The lowest BCUT2D eigenvalue weighted by atomic mass is 10.2. The summed E-state index contributed by atoms with van der Waals surface area (Å²) in [5.74, 6) is 0.595. The predicted molar refractivity (Wildman–Crippen MR) is 54.8 cm³/mol. The van der Waals surface area contributed by atoms with Crippen LogP contribution < -0.4 is 4.90 Å². The van der Waals surface area contributed by atoms with Crippen LogP contribution >= 0.6 is 0 Å². The van der Waals surface area contributed by atoms with Crippen molar-refractivity contribution in [3.63, 3.8) is 0 Å². The van der Waals surface area contributed by atoms with Crippen LogP contribution in [0.25, 0.3) is 0 Å². The first-order valence-corrected chi connectivity index (χ1v) is 4.22. The fourth-order valence-corrected chi connectivity index (χ4v) is 1.17. The van der Waals surface area contributed by atoms with E-state index in [1.54, 1.807) is 6.07 Å². The van der Waals surface area contributed by atoms with E-state index in [-0.39, 0.29) is 0 Å². The van der Waals surface area contributed by atoms with Gasteiger partial charge in [0.05, 0.1) is 11.8 Å². The summed E-state index contributed by atoms with van der Waals surface area (Å²) in [5, 5.41) is 16.5. The third-order valence-corrected chi connectivity index (χ3v) is 1.69. The van der Waals surface area contributed by atoms with Crippen molar-refractivity contribution >= 4 is 5.82 Å². The Labute approximate surface area is 83.5 Å². The SMILES string of the molecule is C=C(C)CN(C)c1nnccc1C#N. The molecule has 0 atom stereocenters. The smallest absolute Gasteiger partial charge is 0.169 e. The minimum Gasteiger partial charge on any atom is -0.353 e. The van der Waals surface area contributed by atoms with Gasteiger partial charge in [0.15, 0.2) is 5.82 Å². The highest BCUT2D eigenvalue weighted by Crippen LogP contribution is 2.13. The van der Waals surface area contributed by atoms with E-state index in [2.05, 4.69) is 22.8 Å². The third kappa shape index (κ3) is 2.30. The van der Waals surface area contributed by atoms with Crippen LogP contribution in [0.1, 0.15) is 12.5 Å². The molecule has 0 fully saturated rings. The molecule has 4 heteroatoms. The normalized spacial score (nSPS) is 9.21. The van der Waals surface area contributed by atoms with E-state index in [0.29, 0.717) is 17.9 Å². The fraction of sp³-hybridized carbons (Fsp3) is 0.300. The van der Waals surface area contributed by atoms with Crippen LogP contribution in [0.3, 0.4) is 0 Å². The highest BCUT2D eigenvalue weighted by molar-refractivity contribution is 5.52. The van der Waals surface area contributed by atoms with Crippen molar-refractivity contribution in [3.8, 4) is 6.07 Å². The number of rotatable bonds is 3. The Bertz CT molecular complexity index is 378. The summed E-state index contributed by atoms with van der Waals surface area (Å²) in [6.45, 7) is 6.41. The summed E-state index contributed by atoms with van der Waals surface area (Å²) < 4.78 is 0. The second-order valence-electron chi connectivity index (χ2n) is 3.19. The number of hydrogen-bond acceptors (Lipinski definition) is 4. The maximum Gasteiger partial charge on any atom is 0.169 e. The summed E-state index contributed by atoms with van der Waals surface area (Å²) in [5.41, 5.74) is 1.55. The Balaban J connectivity index is 2.95. The van der Waals surface area contributed by atoms with Gasteiger partial charge in [-0.05, 0) is 13.0 Å². The maximum atomic E-state index is 8.83. The molecule has 1 heterocycles. The van der Waals surface area contributed by atoms with Crippen LogP contribution in [0.15, 0.2) is 24.4 Å². The van der Waals surface area contributed by atoms with E-state index >= 15 is 0 Å². The molecular formula is C10H12N4. The average molecular weight is 188 g/mol. The highest BCUT2D eigenvalue weighted by atomic mass is 15.2. The second kappa shape index (κ2) is 4.38. The second-order valence-corrected chi connectivity index (χ2v) is 3.19. The molecule has 0 aliphatic rings. The standard InChI is InChI=1S/C10H12N4/c1-8(2)7-14(3)10-9(6-11)4-5-12-13-10/h4-5H,1,7H2,2-3H3. The molecule has 0 N–H and O–H groups in total. The molecular weight excluding hydrogens is 176 g/mol. The zero-order valence-corrected chi connectivity index (χ0v) is 8.36. The lowest BCUT2D eigenvalue weighted by Crippen LogP contribution is -2.21. The van der Waals surface area contributed by atoms with Crippen molar-refractivity contribution < 1.29 is 0 Å². The summed E-state index contributed by atoms with van der Waals surface area (Å²) >= 11 is 0. The van der Waals surface area contributed by atoms with Crippen LogP contribution in [0.4, 0.5) is 5.82 Å². The van der Waals surface area contributed by atoms with Gasteiger partial charge in [0.1, 0.15) is 6.07 Å². The van der Waals surface area contributed by atoms with Crippen molar-refractivity contribution in [1.29, 1.82) is 5.26 Å². The van der Waals surface area contributed by atoms with Crippen LogP contribution in [-0.2, 0) is 0 Å². The van der Waals surface area contributed by atoms with Gasteiger partial charge < -0.3 is 4.90 Å². The molecule has 0 saturated heterocycles. The number of hydrogen-bond donors (Lipinski definition) is 0. The van der Waals surface area contributed by atoms with Crippen LogP contribution in [-0.4, -0.2) is 23.8 Å². The zero-order chi connectivity index (χ0) is 10.6. The summed E-state index contributed by atoms with van der Waals surface area (Å²) in [7, 11) is 1.86. The van der Waals surface area contributed by atoms with E-state index in [4.69, 9.17) is 5.26 Å². The van der Waals surface area contributed by atoms with E-state index in [1.807, 2.05) is 18.9 Å². The van der Waals surface area contributed by atoms with Crippen molar-refractivity contribution in [1.82, 2.24) is 10.2 Å². The van der Waals surface area contributed by atoms with Crippen LogP contribution in [0.5, 0.6) is 0 Å². The van der Waals surface area contributed by atoms with E-state index in [9.17, 15) is 0 Å². The lowest BCUT2D eigenvalue weighted by molar-refractivity contribution is 0.903. The van der Waals surface area contributed by atoms with Gasteiger partial charge in [-0.3, -0.25) is 0 Å². The van der Waals surface area contributed by atoms with Gasteiger partial charge >= 0.3 is 0 Å². The fourth-order valence-electron chi connectivity index (χ4n) is 1.17. The molecule has 0 aliphatic carbocycles. The first-order valence-electron chi connectivity index (χ1n) is 4.22. The molecule has 72 valence electrons. The first-order chi connectivity index (χ1) is 6.65. The molecule has 1 aromatic heterocycles. The van der Waals surface area contributed by atoms with Gasteiger partial charge in [0, 0.05) is 13.6 Å². The number of likely N-dealkylation sites (N-methyl/N-ethyl adjacent to an activating group) is 1. The van der Waals surface area contributed by atoms with Crippen LogP contribution in [0, 0.1) is 11.3 Å². The molecule has 0 saturated carbocycles. The largest absolute Gasteiger partial charge is 0.353 e. The first kappa shape index (κ1) is 10.2. The number of nitrogens with zero attached hydrogens (tertiary/aromatic N) is 4. The quantitative estimate of drug-likeness (QED) is 0.672. The summed E-state index contributed by atoms with van der Waals surface area (Å²) in [6, 6.07) is 3.73. The Morgan fingerprint density at radius 1 is 1.71 bits per heavy atom. The van der Waals surface area contributed by atoms with E-state index < -0.39 is 0 Å². The molecule has 0 bridgehead atoms. The monoisotopic (exact) mass is 188 g/mol. The van der Waals surface area contributed by atoms with Crippen molar-refractivity contribution in [2.45, 2.75) is 6.92 Å². The van der Waals surface area contributed by atoms with Gasteiger partial charge in [-0.25, -0.2) is 0 Å². The third-order valence-electron chi connectivity index (χ3n) is 1.69. The minimum atomic E-state index is 0.531. The van der Waals surface area contributed by atoms with Crippen molar-refractivity contribution in [3.05, 3.63) is 30.0 Å². The van der Waals surface area contributed by atoms with Gasteiger partial charge in [-0.1, -0.05) is 12.2 Å². The van der Waals surface area contributed by atoms with Gasteiger partial charge in [0.25, 0.3) is 0 Å². The molecule has 0 unspecified atom stereocenters. The van der Waals surface area contributed by atoms with Crippen molar-refractivity contribution in [2.75, 3.05) is 18.5 Å². The minimum absolute atomic E-state index is 0.531. The topological polar surface area (TPSA) is 52.8 Å². The zero-order valence-electron chi connectivity index (χ0n) is 8.36. The van der Waals surface area contributed by atoms with Gasteiger partial charge in [0.2, 0.25) is 0 Å². The Morgan fingerprint density at radius 3 is 3.00 bits per heavy atom. The summed E-state index contributed by atoms with van der Waals surface area (Å²) in [4.78, 5) is 1.86. The van der Waals surface area contributed by atoms with E-state index in [1.165, 1.54) is 6.20 Å². The number of aromatic nitrogens is 2. The highest BCUT2D eigenvalue weighted by Gasteiger charge is 2.08. The van der Waals surface area contributed by atoms with Crippen molar-refractivity contribution in [2.24, 2.45) is 0 Å². The number of nitriles is 1. The summed E-state index contributed by atoms with van der Waals surface area (Å²) in [6.07, 6.45) is 1.51. The molecule has 14 heavy (non-hydrogen) atoms. The Morgan fingerprint density at radius 2 is 2.43 bits per heavy atom. The molecule has 0 radical (unpaired) electrons. The number of anilines is 1. The average Bonchev–Trinajstić information content (AvgIpc) is 2.16. The van der Waals surface area contributed by atoms with Gasteiger partial charge in [-0.15, -0.1) is 5.10 Å².